The van der Waals surface area contributed by atoms with E-state index in [-0.39, 0.29) is 18.0 Å². The molecule has 32 heavy (non-hydrogen) atoms. The molecule has 0 unspecified atom stereocenters. The molecule has 0 spiro atoms. The van der Waals surface area contributed by atoms with Gasteiger partial charge in [-0.05, 0) is 32.6 Å². The second-order valence-corrected chi connectivity index (χ2v) is 9.81. The molecule has 3 amide bonds. The molecular weight excluding hydrogens is 422 g/mol. The number of anilines is 1. The molecule has 0 radical (unpaired) electrons. The maximum atomic E-state index is 12.5. The van der Waals surface area contributed by atoms with Crippen LogP contribution in [0.15, 0.2) is 29.6 Å². The Morgan fingerprint density at radius 1 is 1.00 bits per heavy atom. The Labute approximate surface area is 194 Å². The first-order valence-corrected chi connectivity index (χ1v) is 12.5. The van der Waals surface area contributed by atoms with E-state index in [4.69, 9.17) is 0 Å². The van der Waals surface area contributed by atoms with E-state index in [9.17, 15) is 9.59 Å². The fourth-order valence-corrected chi connectivity index (χ4v) is 5.18. The van der Waals surface area contributed by atoms with Crippen molar-refractivity contribution in [1.29, 1.82) is 0 Å². The predicted molar refractivity (Wildman–Crippen MR) is 129 cm³/mol. The van der Waals surface area contributed by atoms with Crippen LogP contribution in [0.1, 0.15) is 50.5 Å². The van der Waals surface area contributed by atoms with Gasteiger partial charge in [0.25, 0.3) is 0 Å². The van der Waals surface area contributed by atoms with E-state index in [1.165, 1.54) is 36.2 Å². The van der Waals surface area contributed by atoms with Crippen LogP contribution < -0.4 is 16.0 Å². The molecule has 0 bridgehead atoms. The highest BCUT2D eigenvalue weighted by molar-refractivity contribution is 7.14. The largest absolute Gasteiger partial charge is 0.335 e. The van der Waals surface area contributed by atoms with Crippen LogP contribution >= 0.6 is 11.3 Å². The zero-order chi connectivity index (χ0) is 22.3. The van der Waals surface area contributed by atoms with E-state index in [1.54, 1.807) is 0 Å². The molecule has 4 rings (SSSR count). The molecule has 2 heterocycles. The van der Waals surface area contributed by atoms with Crippen molar-refractivity contribution < 1.29 is 9.59 Å². The van der Waals surface area contributed by atoms with E-state index >= 15 is 0 Å². The molecule has 1 saturated carbocycles. The Hall–Kier alpha value is -2.45. The topological polar surface area (TPSA) is 86.4 Å². The minimum Gasteiger partial charge on any atom is -0.335 e. The average molecular weight is 456 g/mol. The minimum absolute atomic E-state index is 0.0405. The Morgan fingerprint density at radius 2 is 1.66 bits per heavy atom. The van der Waals surface area contributed by atoms with Gasteiger partial charge < -0.3 is 16.0 Å². The molecule has 0 atom stereocenters. The smallest absolute Gasteiger partial charge is 0.315 e. The van der Waals surface area contributed by atoms with Crippen LogP contribution in [0, 0.1) is 6.92 Å². The minimum atomic E-state index is -0.0451. The molecule has 1 aromatic carbocycles. The zero-order valence-electron chi connectivity index (χ0n) is 18.7. The standard InChI is InChI=1S/C24H33N5O2S/c1-17-7-9-18(10-8-17)21-16-32-24(27-21)28-22(30)15-29-13-11-20(12-14-29)26-23(31)25-19-5-3-2-4-6-19/h7-10,16,19-20H,2-6,11-15H2,1H3,(H2,25,26,31)(H,27,28,30). The molecule has 172 valence electrons. The summed E-state index contributed by atoms with van der Waals surface area (Å²) < 4.78 is 0. The van der Waals surface area contributed by atoms with Crippen LogP contribution in [0.25, 0.3) is 11.3 Å². The monoisotopic (exact) mass is 455 g/mol. The summed E-state index contributed by atoms with van der Waals surface area (Å²) in [6.45, 7) is 4.00. The third-order valence-corrected chi connectivity index (χ3v) is 7.09. The van der Waals surface area contributed by atoms with Crippen LogP contribution in [0.5, 0.6) is 0 Å². The molecule has 2 aromatic rings. The number of aromatic nitrogens is 1. The number of carbonyl (C=O) groups excluding carboxylic acids is 2. The molecule has 8 heteroatoms. The molecule has 1 aliphatic carbocycles. The van der Waals surface area contributed by atoms with Crippen molar-refractivity contribution in [3.63, 3.8) is 0 Å². The highest BCUT2D eigenvalue weighted by atomic mass is 32.1. The summed E-state index contributed by atoms with van der Waals surface area (Å²) in [6, 6.07) is 8.67. The van der Waals surface area contributed by atoms with Crippen LogP contribution in [0.2, 0.25) is 0 Å². The number of piperidine rings is 1. The first kappa shape index (κ1) is 22.7. The van der Waals surface area contributed by atoms with Gasteiger partial charge in [-0.3, -0.25) is 9.69 Å². The van der Waals surface area contributed by atoms with Crippen LogP contribution in [0.3, 0.4) is 0 Å². The van der Waals surface area contributed by atoms with Crippen molar-refractivity contribution in [1.82, 2.24) is 20.5 Å². The molecule has 3 N–H and O–H groups in total. The van der Waals surface area contributed by atoms with Crippen LogP contribution in [0.4, 0.5) is 9.93 Å². The normalized spacial score (nSPS) is 18.3. The summed E-state index contributed by atoms with van der Waals surface area (Å²) in [6.07, 6.45) is 7.60. The fourth-order valence-electron chi connectivity index (χ4n) is 4.44. The van der Waals surface area contributed by atoms with E-state index in [0.717, 1.165) is 50.0 Å². The fraction of sp³-hybridized carbons (Fsp3) is 0.542. The van der Waals surface area contributed by atoms with E-state index < -0.39 is 0 Å². The summed E-state index contributed by atoms with van der Waals surface area (Å²) in [5.74, 6) is -0.0451. The quantitative estimate of drug-likeness (QED) is 0.611. The summed E-state index contributed by atoms with van der Waals surface area (Å²) in [5.41, 5.74) is 3.14. The lowest BCUT2D eigenvalue weighted by Gasteiger charge is -2.32. The van der Waals surface area contributed by atoms with Crippen molar-refractivity contribution >= 4 is 28.4 Å². The first-order chi connectivity index (χ1) is 15.5. The maximum Gasteiger partial charge on any atom is 0.315 e. The summed E-state index contributed by atoms with van der Waals surface area (Å²) in [7, 11) is 0. The number of thiazole rings is 1. The average Bonchev–Trinajstić information content (AvgIpc) is 3.24. The van der Waals surface area contributed by atoms with E-state index in [0.29, 0.717) is 17.7 Å². The van der Waals surface area contributed by atoms with Gasteiger partial charge in [0, 0.05) is 36.1 Å². The first-order valence-electron chi connectivity index (χ1n) is 11.7. The van der Waals surface area contributed by atoms with Gasteiger partial charge in [0.15, 0.2) is 5.13 Å². The third kappa shape index (κ3) is 6.53. The molecule has 2 aliphatic rings. The second-order valence-electron chi connectivity index (χ2n) is 8.96. The Kier molecular flexibility index (Phi) is 7.76. The van der Waals surface area contributed by atoms with Crippen molar-refractivity contribution in [2.75, 3.05) is 25.0 Å². The highest BCUT2D eigenvalue weighted by Crippen LogP contribution is 2.25. The maximum absolute atomic E-state index is 12.5. The van der Waals surface area contributed by atoms with Crippen molar-refractivity contribution in [3.8, 4) is 11.3 Å². The lowest BCUT2D eigenvalue weighted by molar-refractivity contribution is -0.117. The number of rotatable bonds is 6. The van der Waals surface area contributed by atoms with Crippen LogP contribution in [-0.2, 0) is 4.79 Å². The Balaban J connectivity index is 1.17. The lowest BCUT2D eigenvalue weighted by Crippen LogP contribution is -2.51. The molecule has 1 aromatic heterocycles. The molecule has 1 saturated heterocycles. The highest BCUT2D eigenvalue weighted by Gasteiger charge is 2.23. The summed E-state index contributed by atoms with van der Waals surface area (Å²) >= 11 is 1.44. The number of hydrogen-bond donors (Lipinski definition) is 3. The second kappa shape index (κ2) is 10.9. The number of hydrogen-bond acceptors (Lipinski definition) is 5. The van der Waals surface area contributed by atoms with Gasteiger partial charge in [-0.2, -0.15) is 0 Å². The predicted octanol–water partition coefficient (Wildman–Crippen LogP) is 4.15. The Bertz CT molecular complexity index is 899. The summed E-state index contributed by atoms with van der Waals surface area (Å²) in [4.78, 5) is 31.4. The van der Waals surface area contributed by atoms with Crippen molar-refractivity contribution in [2.24, 2.45) is 0 Å². The zero-order valence-corrected chi connectivity index (χ0v) is 19.5. The summed E-state index contributed by atoms with van der Waals surface area (Å²) in [5, 5.41) is 11.8. The SMILES string of the molecule is Cc1ccc(-c2csc(NC(=O)CN3CCC(NC(=O)NC4CCCCC4)CC3)n2)cc1. The van der Waals surface area contributed by atoms with Gasteiger partial charge in [-0.25, -0.2) is 9.78 Å². The molecule has 1 aliphatic heterocycles. The van der Waals surface area contributed by atoms with Crippen molar-refractivity contribution in [2.45, 2.75) is 64.0 Å². The third-order valence-electron chi connectivity index (χ3n) is 6.33. The van der Waals surface area contributed by atoms with Gasteiger partial charge in [0.05, 0.1) is 12.2 Å². The number of amides is 3. The number of nitrogens with one attached hydrogen (secondary N) is 3. The number of nitrogens with zero attached hydrogens (tertiary/aromatic N) is 2. The molecule has 2 fully saturated rings. The lowest BCUT2D eigenvalue weighted by atomic mass is 9.96. The van der Waals surface area contributed by atoms with E-state index in [2.05, 4.69) is 44.9 Å². The number of carbonyl (C=O) groups is 2. The van der Waals surface area contributed by atoms with Crippen LogP contribution in [-0.4, -0.2) is 53.5 Å². The number of likely N-dealkylation sites (tertiary alicyclic amines) is 1. The number of benzene rings is 1. The van der Waals surface area contributed by atoms with Gasteiger partial charge >= 0.3 is 6.03 Å². The van der Waals surface area contributed by atoms with E-state index in [1.807, 2.05) is 17.5 Å². The van der Waals surface area contributed by atoms with Gasteiger partial charge in [0.1, 0.15) is 0 Å². The number of urea groups is 1. The number of aryl methyl sites for hydroxylation is 1. The Morgan fingerprint density at radius 3 is 2.34 bits per heavy atom. The van der Waals surface area contributed by atoms with Gasteiger partial charge in [-0.15, -0.1) is 11.3 Å². The van der Waals surface area contributed by atoms with Gasteiger partial charge in [-0.1, -0.05) is 49.1 Å². The van der Waals surface area contributed by atoms with Crippen molar-refractivity contribution in [3.05, 3.63) is 35.2 Å². The molecule has 7 nitrogen and oxygen atoms in total. The van der Waals surface area contributed by atoms with Gasteiger partial charge in [0.2, 0.25) is 5.91 Å². The molecular formula is C24H33N5O2S.